The second-order valence-corrected chi connectivity index (χ2v) is 3.29. The molecule has 1 nitrogen and oxygen atoms in total. The van der Waals surface area contributed by atoms with Crippen LogP contribution in [0.15, 0.2) is 0 Å². The summed E-state index contributed by atoms with van der Waals surface area (Å²) in [6, 6.07) is 0. The first kappa shape index (κ1) is 9.31. The van der Waals surface area contributed by atoms with E-state index in [4.69, 9.17) is 0 Å². The van der Waals surface area contributed by atoms with E-state index in [0.717, 1.165) is 19.0 Å². The number of hydrogen-bond donors (Lipinski definition) is 1. The Morgan fingerprint density at radius 3 is 2.33 bits per heavy atom. The van der Waals surface area contributed by atoms with Gasteiger partial charge in [0.05, 0.1) is 0 Å². The van der Waals surface area contributed by atoms with Crippen LogP contribution in [0, 0.1) is 5.92 Å². The molecule has 0 unspecified atom stereocenters. The topological polar surface area (TPSA) is 3.24 Å². The second-order valence-electron chi connectivity index (χ2n) is 2.73. The Hall–Kier alpha value is 0.310. The van der Waals surface area contributed by atoms with Crippen molar-refractivity contribution in [2.24, 2.45) is 5.92 Å². The van der Waals surface area contributed by atoms with Crippen LogP contribution in [0.1, 0.15) is 27.2 Å². The van der Waals surface area contributed by atoms with Crippen molar-refractivity contribution >= 4 is 12.8 Å². The van der Waals surface area contributed by atoms with Crippen LogP contribution in [0.4, 0.5) is 0 Å². The zero-order valence-corrected chi connectivity index (χ0v) is 7.49. The molecule has 0 spiro atoms. The Bertz CT molecular complexity index is 63.9. The highest BCUT2D eigenvalue weighted by atomic mass is 32.1. The molecule has 0 N–H and O–H groups in total. The minimum atomic E-state index is 0.797. The molecule has 9 heavy (non-hydrogen) atoms. The Morgan fingerprint density at radius 2 is 2.00 bits per heavy atom. The molecule has 0 amide bonds. The molecule has 0 heterocycles. The third kappa shape index (κ3) is 6.19. The van der Waals surface area contributed by atoms with Gasteiger partial charge in [-0.05, 0) is 12.3 Å². The Morgan fingerprint density at radius 1 is 1.44 bits per heavy atom. The summed E-state index contributed by atoms with van der Waals surface area (Å²) in [5, 5.41) is 0. The van der Waals surface area contributed by atoms with E-state index in [0.29, 0.717) is 0 Å². The summed E-state index contributed by atoms with van der Waals surface area (Å²) < 4.78 is 2.04. The second kappa shape index (κ2) is 5.12. The van der Waals surface area contributed by atoms with Gasteiger partial charge in [-0.1, -0.05) is 33.6 Å². The third-order valence-corrected chi connectivity index (χ3v) is 1.81. The molecule has 0 aromatic rings. The summed E-state index contributed by atoms with van der Waals surface area (Å²) in [5.41, 5.74) is 0. The van der Waals surface area contributed by atoms with Gasteiger partial charge in [-0.3, -0.25) is 4.31 Å². The predicted octanol–water partition coefficient (Wildman–Crippen LogP) is 2.20. The fraction of sp³-hybridized carbons (Fsp3) is 1.00. The maximum Gasteiger partial charge on any atom is 0.00893 e. The van der Waals surface area contributed by atoms with Crippen molar-refractivity contribution in [1.82, 2.24) is 4.31 Å². The van der Waals surface area contributed by atoms with E-state index < -0.39 is 0 Å². The first-order valence-electron chi connectivity index (χ1n) is 3.60. The largest absolute Gasteiger partial charge is 0.254 e. The molecule has 0 fully saturated rings. The summed E-state index contributed by atoms with van der Waals surface area (Å²) >= 11 is 4.24. The molecule has 0 saturated heterocycles. The maximum atomic E-state index is 4.24. The maximum absolute atomic E-state index is 4.24. The van der Waals surface area contributed by atoms with Crippen molar-refractivity contribution in [2.75, 3.05) is 13.1 Å². The molecule has 2 heteroatoms. The van der Waals surface area contributed by atoms with Crippen molar-refractivity contribution < 1.29 is 0 Å². The van der Waals surface area contributed by atoms with Crippen molar-refractivity contribution in [3.8, 4) is 0 Å². The molecule has 0 aromatic carbocycles. The highest BCUT2D eigenvalue weighted by Gasteiger charge is 1.96. The average Bonchev–Trinajstić information content (AvgIpc) is 1.83. The van der Waals surface area contributed by atoms with E-state index in [2.05, 4.69) is 33.6 Å². The Balaban J connectivity index is 3.06. The molecule has 0 saturated carbocycles. The van der Waals surface area contributed by atoms with E-state index in [1.165, 1.54) is 6.42 Å². The van der Waals surface area contributed by atoms with Gasteiger partial charge in [-0.25, -0.2) is 0 Å². The van der Waals surface area contributed by atoms with Gasteiger partial charge in [-0.2, -0.15) is 0 Å². The van der Waals surface area contributed by atoms with Gasteiger partial charge in [0.2, 0.25) is 0 Å². The van der Waals surface area contributed by atoms with E-state index in [1.807, 2.05) is 4.31 Å². The molecule has 0 aliphatic rings. The normalized spacial score (nSPS) is 11.3. The zero-order valence-electron chi connectivity index (χ0n) is 6.59. The van der Waals surface area contributed by atoms with Crippen LogP contribution in [0.3, 0.4) is 0 Å². The third-order valence-electron chi connectivity index (χ3n) is 1.33. The van der Waals surface area contributed by atoms with E-state index >= 15 is 0 Å². The van der Waals surface area contributed by atoms with Crippen molar-refractivity contribution in [2.45, 2.75) is 27.2 Å². The highest BCUT2D eigenvalue weighted by molar-refractivity contribution is 7.77. The summed E-state index contributed by atoms with van der Waals surface area (Å²) in [7, 11) is 0. The monoisotopic (exact) mass is 147 g/mol. The molecule has 0 atom stereocenters. The lowest BCUT2D eigenvalue weighted by atomic mass is 10.1. The summed E-state index contributed by atoms with van der Waals surface area (Å²) in [5.74, 6) is 0.797. The van der Waals surface area contributed by atoms with Gasteiger partial charge in [0.15, 0.2) is 0 Å². The van der Waals surface area contributed by atoms with Crippen LogP contribution in [0.25, 0.3) is 0 Å². The van der Waals surface area contributed by atoms with Crippen molar-refractivity contribution in [3.05, 3.63) is 0 Å². The van der Waals surface area contributed by atoms with E-state index in [1.54, 1.807) is 0 Å². The minimum absolute atomic E-state index is 0.797. The van der Waals surface area contributed by atoms with Crippen LogP contribution in [0.2, 0.25) is 0 Å². The molecule has 0 aliphatic heterocycles. The highest BCUT2D eigenvalue weighted by Crippen LogP contribution is 2.02. The summed E-state index contributed by atoms with van der Waals surface area (Å²) in [6.45, 7) is 8.73. The molecule has 0 rings (SSSR count). The van der Waals surface area contributed by atoms with Crippen LogP contribution < -0.4 is 0 Å². The van der Waals surface area contributed by atoms with Gasteiger partial charge in [-0.15, -0.1) is 0 Å². The number of rotatable bonds is 4. The molecule has 56 valence electrons. The quantitative estimate of drug-likeness (QED) is 0.597. The van der Waals surface area contributed by atoms with Gasteiger partial charge in [0, 0.05) is 13.1 Å². The molecule has 0 radical (unpaired) electrons. The average molecular weight is 147 g/mol. The lowest BCUT2D eigenvalue weighted by Gasteiger charge is -2.12. The predicted molar refractivity (Wildman–Crippen MR) is 45.7 cm³/mol. The SMILES string of the molecule is CCN(S)CCC(C)C. The van der Waals surface area contributed by atoms with Crippen LogP contribution in [-0.4, -0.2) is 17.4 Å². The Labute approximate surface area is 64.0 Å². The smallest absolute Gasteiger partial charge is 0.00893 e. The number of nitrogens with zero attached hydrogens (tertiary/aromatic N) is 1. The molecular weight excluding hydrogens is 130 g/mol. The van der Waals surface area contributed by atoms with Gasteiger partial charge in [0.1, 0.15) is 0 Å². The van der Waals surface area contributed by atoms with Crippen LogP contribution in [-0.2, 0) is 0 Å². The molecule has 0 aliphatic carbocycles. The number of hydrogen-bond acceptors (Lipinski definition) is 2. The van der Waals surface area contributed by atoms with E-state index in [-0.39, 0.29) is 0 Å². The van der Waals surface area contributed by atoms with E-state index in [9.17, 15) is 0 Å². The van der Waals surface area contributed by atoms with Crippen molar-refractivity contribution in [1.29, 1.82) is 0 Å². The Kier molecular flexibility index (Phi) is 5.30. The number of thiol groups is 1. The lowest BCUT2D eigenvalue weighted by molar-refractivity contribution is 0.439. The standard InChI is InChI=1S/C7H17NS/c1-4-8(9)6-5-7(2)3/h7,9H,4-6H2,1-3H3. The van der Waals surface area contributed by atoms with Crippen LogP contribution in [0.5, 0.6) is 0 Å². The van der Waals surface area contributed by atoms with Gasteiger partial charge in [0.25, 0.3) is 0 Å². The first-order valence-corrected chi connectivity index (χ1v) is 4.00. The molecular formula is C7H17NS. The zero-order chi connectivity index (χ0) is 7.28. The van der Waals surface area contributed by atoms with Gasteiger partial charge < -0.3 is 0 Å². The molecule has 0 bridgehead atoms. The first-order chi connectivity index (χ1) is 4.16. The summed E-state index contributed by atoms with van der Waals surface area (Å²) in [6.07, 6.45) is 1.25. The fourth-order valence-electron chi connectivity index (χ4n) is 0.565. The fourth-order valence-corrected chi connectivity index (χ4v) is 0.681. The lowest BCUT2D eigenvalue weighted by Crippen LogP contribution is -2.14. The summed E-state index contributed by atoms with van der Waals surface area (Å²) in [4.78, 5) is 0. The van der Waals surface area contributed by atoms with Gasteiger partial charge >= 0.3 is 0 Å². The van der Waals surface area contributed by atoms with Crippen molar-refractivity contribution in [3.63, 3.8) is 0 Å². The minimum Gasteiger partial charge on any atom is -0.254 e. The van der Waals surface area contributed by atoms with Crippen LogP contribution >= 0.6 is 12.8 Å². The molecule has 0 aromatic heterocycles.